The van der Waals surface area contributed by atoms with E-state index >= 15 is 0 Å². The van der Waals surface area contributed by atoms with Crippen LogP contribution in [0.2, 0.25) is 0 Å². The van der Waals surface area contributed by atoms with E-state index in [-0.39, 0.29) is 16.4 Å². The van der Waals surface area contributed by atoms with Crippen molar-refractivity contribution in [3.05, 3.63) is 70.0 Å². The summed E-state index contributed by atoms with van der Waals surface area (Å²) in [5.74, 6) is -0.311. The molecule has 164 valence electrons. The van der Waals surface area contributed by atoms with Crippen molar-refractivity contribution < 1.29 is 13.2 Å². The van der Waals surface area contributed by atoms with Crippen LogP contribution < -0.4 is 15.6 Å². The van der Waals surface area contributed by atoms with E-state index in [1.165, 1.54) is 18.2 Å². The van der Waals surface area contributed by atoms with E-state index in [0.29, 0.717) is 23.0 Å². The number of hydrogen-bond acceptors (Lipinski definition) is 4. The highest BCUT2D eigenvalue weighted by molar-refractivity contribution is 7.89. The minimum Gasteiger partial charge on any atom is -0.324 e. The Labute approximate surface area is 181 Å². The van der Waals surface area contributed by atoms with Crippen molar-refractivity contribution in [2.24, 2.45) is 5.92 Å². The van der Waals surface area contributed by atoms with Gasteiger partial charge in [0.2, 0.25) is 21.5 Å². The minimum absolute atomic E-state index is 0.0279. The predicted molar refractivity (Wildman–Crippen MR) is 123 cm³/mol. The van der Waals surface area contributed by atoms with Crippen LogP contribution in [0.4, 0.5) is 5.69 Å². The van der Waals surface area contributed by atoms with Crippen molar-refractivity contribution in [3.8, 4) is 0 Å². The molecule has 0 aliphatic heterocycles. The van der Waals surface area contributed by atoms with Gasteiger partial charge in [0.05, 0.1) is 4.90 Å². The van der Waals surface area contributed by atoms with Crippen LogP contribution in [0.1, 0.15) is 31.4 Å². The largest absolute Gasteiger partial charge is 0.324 e. The number of amides is 1. The average molecular weight is 442 g/mol. The highest BCUT2D eigenvalue weighted by atomic mass is 32.2. The molecule has 0 radical (unpaired) electrons. The molecular weight excluding hydrogens is 414 g/mol. The monoisotopic (exact) mass is 441 g/mol. The molecule has 1 amide bonds. The molecule has 3 aromatic rings. The second-order valence-corrected chi connectivity index (χ2v) is 9.90. The second-order valence-electron chi connectivity index (χ2n) is 8.18. The number of anilines is 1. The number of H-pyrrole nitrogens is 1. The maximum Gasteiger partial charge on any atom is 0.248 e. The zero-order valence-corrected chi connectivity index (χ0v) is 18.8. The van der Waals surface area contributed by atoms with Gasteiger partial charge >= 0.3 is 0 Å². The van der Waals surface area contributed by atoms with E-state index in [4.69, 9.17) is 0 Å². The summed E-state index contributed by atoms with van der Waals surface area (Å²) in [5, 5.41) is 3.43. The number of sulfonamides is 1. The number of rotatable bonds is 7. The van der Waals surface area contributed by atoms with Gasteiger partial charge in [-0.15, -0.1) is 0 Å². The topological polar surface area (TPSA) is 108 Å². The highest BCUT2D eigenvalue weighted by Crippen LogP contribution is 2.20. The lowest BCUT2D eigenvalue weighted by Gasteiger charge is -2.21. The lowest BCUT2D eigenvalue weighted by molar-refractivity contribution is -0.118. The molecule has 1 aromatic heterocycles. The summed E-state index contributed by atoms with van der Waals surface area (Å²) in [6, 6.07) is 12.1. The molecule has 0 saturated carbocycles. The molecule has 8 heteroatoms. The summed E-state index contributed by atoms with van der Waals surface area (Å²) in [7, 11) is -3.96. The number of aromatic nitrogens is 1. The first-order valence-corrected chi connectivity index (χ1v) is 11.6. The van der Waals surface area contributed by atoms with E-state index in [0.717, 1.165) is 11.1 Å². The Morgan fingerprint density at radius 1 is 1.03 bits per heavy atom. The number of carbonyl (C=O) groups is 1. The normalized spacial score (nSPS) is 12.8. The number of hydrogen-bond donors (Lipinski definition) is 3. The molecule has 31 heavy (non-hydrogen) atoms. The van der Waals surface area contributed by atoms with Crippen molar-refractivity contribution in [1.29, 1.82) is 0 Å². The maximum absolute atomic E-state index is 13.0. The average Bonchev–Trinajstić information content (AvgIpc) is 2.68. The summed E-state index contributed by atoms with van der Waals surface area (Å²) >= 11 is 0. The second kappa shape index (κ2) is 9.03. The number of nitrogens with one attached hydrogen (secondary N) is 3. The zero-order chi connectivity index (χ0) is 22.8. The molecule has 0 saturated heterocycles. The van der Waals surface area contributed by atoms with Crippen LogP contribution in [0, 0.1) is 19.8 Å². The van der Waals surface area contributed by atoms with Gasteiger partial charge in [-0.1, -0.05) is 31.5 Å². The first kappa shape index (κ1) is 22.7. The fourth-order valence-corrected chi connectivity index (χ4v) is 4.65. The molecule has 1 heterocycles. The minimum atomic E-state index is -3.96. The Balaban J connectivity index is 1.87. The molecule has 0 aliphatic carbocycles. The summed E-state index contributed by atoms with van der Waals surface area (Å²) in [6.07, 6.45) is 0.344. The highest BCUT2D eigenvalue weighted by Gasteiger charge is 2.27. The van der Waals surface area contributed by atoms with Crippen molar-refractivity contribution in [2.75, 3.05) is 5.32 Å². The Bertz CT molecular complexity index is 1280. The third kappa shape index (κ3) is 5.59. The molecule has 0 bridgehead atoms. The molecule has 0 aliphatic rings. The van der Waals surface area contributed by atoms with E-state index in [9.17, 15) is 18.0 Å². The van der Waals surface area contributed by atoms with Gasteiger partial charge in [0.25, 0.3) is 0 Å². The Hall–Kier alpha value is -2.97. The number of carbonyl (C=O) groups excluding carboxylic acids is 1. The van der Waals surface area contributed by atoms with Crippen LogP contribution >= 0.6 is 0 Å². The number of aromatic amines is 1. The number of benzene rings is 2. The Morgan fingerprint density at radius 2 is 1.77 bits per heavy atom. The molecule has 1 atom stereocenters. The van der Waals surface area contributed by atoms with Crippen molar-refractivity contribution in [1.82, 2.24) is 9.71 Å². The third-order valence-electron chi connectivity index (χ3n) is 4.97. The fourth-order valence-electron chi connectivity index (χ4n) is 3.41. The van der Waals surface area contributed by atoms with E-state index in [2.05, 4.69) is 15.0 Å². The molecule has 3 N–H and O–H groups in total. The van der Waals surface area contributed by atoms with Gasteiger partial charge in [-0.25, -0.2) is 8.42 Å². The van der Waals surface area contributed by atoms with Crippen LogP contribution in [0.15, 0.2) is 58.2 Å². The van der Waals surface area contributed by atoms with Gasteiger partial charge in [0.15, 0.2) is 0 Å². The molecule has 2 aromatic carbocycles. The third-order valence-corrected chi connectivity index (χ3v) is 6.44. The SMILES string of the molecule is Cc1ccc(NC(=O)[C@H](CC(C)C)NS(=O)(=O)c2ccc3[nH]c(=O)ccc3c2)c(C)c1. The van der Waals surface area contributed by atoms with Crippen LogP contribution in [-0.4, -0.2) is 25.4 Å². The van der Waals surface area contributed by atoms with Gasteiger partial charge in [-0.2, -0.15) is 4.72 Å². The lowest BCUT2D eigenvalue weighted by Crippen LogP contribution is -2.44. The van der Waals surface area contributed by atoms with E-state index < -0.39 is 22.0 Å². The van der Waals surface area contributed by atoms with E-state index in [1.54, 1.807) is 12.1 Å². The van der Waals surface area contributed by atoms with Crippen LogP contribution in [0.25, 0.3) is 10.9 Å². The summed E-state index contributed by atoms with van der Waals surface area (Å²) in [5.41, 5.74) is 2.91. The van der Waals surface area contributed by atoms with Crippen LogP contribution in [0.5, 0.6) is 0 Å². The fraction of sp³-hybridized carbons (Fsp3) is 0.304. The molecular formula is C23H27N3O4S. The van der Waals surface area contributed by atoms with Gasteiger partial charge in [0.1, 0.15) is 6.04 Å². The van der Waals surface area contributed by atoms with Crippen LogP contribution in [0.3, 0.4) is 0 Å². The summed E-state index contributed by atoms with van der Waals surface area (Å²) in [4.78, 5) is 27.1. The molecule has 0 spiro atoms. The van der Waals surface area contributed by atoms with Gasteiger partial charge < -0.3 is 10.3 Å². The van der Waals surface area contributed by atoms with E-state index in [1.807, 2.05) is 45.9 Å². The molecule has 3 rings (SSSR count). The first-order chi connectivity index (χ1) is 14.5. The predicted octanol–water partition coefficient (Wildman–Crippen LogP) is 3.48. The summed E-state index contributed by atoms with van der Waals surface area (Å²) < 4.78 is 28.6. The molecule has 0 unspecified atom stereocenters. The number of aryl methyl sites for hydroxylation is 2. The zero-order valence-electron chi connectivity index (χ0n) is 18.0. The van der Waals surface area contributed by atoms with Crippen molar-refractivity contribution in [3.63, 3.8) is 0 Å². The first-order valence-electron chi connectivity index (χ1n) is 10.1. The standard InChI is InChI=1S/C23H27N3O4S/c1-14(2)11-21(23(28)25-19-8-5-15(3)12-16(19)4)26-31(29,30)18-7-9-20-17(13-18)6-10-22(27)24-20/h5-10,12-14,21,26H,11H2,1-4H3,(H,24,27)(H,25,28)/t21-/m0/s1. The maximum atomic E-state index is 13.0. The molecule has 0 fully saturated rings. The van der Waals surface area contributed by atoms with Gasteiger partial charge in [0, 0.05) is 17.3 Å². The quantitative estimate of drug-likeness (QED) is 0.522. The number of pyridine rings is 1. The van der Waals surface area contributed by atoms with Crippen LogP contribution in [-0.2, 0) is 14.8 Å². The van der Waals surface area contributed by atoms with Gasteiger partial charge in [-0.05, 0) is 67.5 Å². The van der Waals surface area contributed by atoms with Gasteiger partial charge in [-0.3, -0.25) is 9.59 Å². The molecule has 7 nitrogen and oxygen atoms in total. The summed E-state index contributed by atoms with van der Waals surface area (Å²) in [6.45, 7) is 7.72. The Kier molecular flexibility index (Phi) is 6.62. The Morgan fingerprint density at radius 3 is 2.45 bits per heavy atom. The number of fused-ring (bicyclic) bond motifs is 1. The smallest absolute Gasteiger partial charge is 0.248 e. The van der Waals surface area contributed by atoms with Crippen molar-refractivity contribution >= 4 is 32.5 Å². The van der Waals surface area contributed by atoms with Crippen molar-refractivity contribution in [2.45, 2.75) is 45.1 Å². The lowest BCUT2D eigenvalue weighted by atomic mass is 10.0.